The Balaban J connectivity index is 2.21. The van der Waals surface area contributed by atoms with E-state index in [1.165, 1.54) is 5.56 Å². The van der Waals surface area contributed by atoms with Crippen molar-refractivity contribution in [2.24, 2.45) is 0 Å². The first kappa shape index (κ1) is 13.2. The second-order valence-corrected chi connectivity index (χ2v) is 4.00. The molecule has 0 aliphatic carbocycles. The van der Waals surface area contributed by atoms with Gasteiger partial charge in [-0.2, -0.15) is 0 Å². The van der Waals surface area contributed by atoms with Crippen molar-refractivity contribution in [3.05, 3.63) is 24.0 Å². The molecule has 1 atom stereocenters. The van der Waals surface area contributed by atoms with Crippen LogP contribution in [0, 0.1) is 0 Å². The van der Waals surface area contributed by atoms with Gasteiger partial charge in [-0.05, 0) is 18.1 Å². The number of aliphatic hydroxyl groups is 1. The number of ether oxygens (including phenoxy) is 1. The Kier molecular flexibility index (Phi) is 6.15. The summed E-state index contributed by atoms with van der Waals surface area (Å²) < 4.78 is 7.03. The van der Waals surface area contributed by atoms with E-state index < -0.39 is 6.10 Å². The highest BCUT2D eigenvalue weighted by Gasteiger charge is 2.02. The van der Waals surface area contributed by atoms with E-state index in [9.17, 15) is 5.11 Å². The Labute approximate surface area is 97.2 Å². The highest BCUT2D eigenvalue weighted by molar-refractivity contribution is 5.09. The first-order valence-electron chi connectivity index (χ1n) is 5.78. The van der Waals surface area contributed by atoms with Crippen LogP contribution in [0.15, 0.2) is 18.5 Å². The first-order chi connectivity index (χ1) is 7.76. The molecule has 0 spiro atoms. The minimum absolute atomic E-state index is 0.379. The molecule has 0 saturated heterocycles. The van der Waals surface area contributed by atoms with Crippen molar-refractivity contribution < 1.29 is 9.84 Å². The molecule has 1 heterocycles. The molecule has 1 aromatic rings. The number of hydrogen-bond donors (Lipinski definition) is 2. The van der Waals surface area contributed by atoms with Gasteiger partial charge in [0.15, 0.2) is 0 Å². The summed E-state index contributed by atoms with van der Waals surface area (Å²) in [6.45, 7) is 4.96. The summed E-state index contributed by atoms with van der Waals surface area (Å²) in [5.74, 6) is 0. The number of nitrogens with one attached hydrogen (secondary N) is 1. The summed E-state index contributed by atoms with van der Waals surface area (Å²) in [7, 11) is 1.59. The molecule has 0 amide bonds. The molecule has 0 saturated carbocycles. The minimum Gasteiger partial charge on any atom is -0.389 e. The Morgan fingerprint density at radius 3 is 3.06 bits per heavy atom. The molecule has 0 aromatic carbocycles. The number of methoxy groups -OCH3 is 1. The van der Waals surface area contributed by atoms with Crippen LogP contribution >= 0.6 is 0 Å². The zero-order valence-corrected chi connectivity index (χ0v) is 10.1. The molecular formula is C12H22N2O2. The van der Waals surface area contributed by atoms with Gasteiger partial charge >= 0.3 is 0 Å². The van der Waals surface area contributed by atoms with E-state index in [-0.39, 0.29) is 0 Å². The van der Waals surface area contributed by atoms with Crippen molar-refractivity contribution in [2.75, 3.05) is 20.3 Å². The van der Waals surface area contributed by atoms with Crippen molar-refractivity contribution in [3.8, 4) is 0 Å². The second kappa shape index (κ2) is 7.44. The van der Waals surface area contributed by atoms with Gasteiger partial charge in [0.05, 0.1) is 12.7 Å². The van der Waals surface area contributed by atoms with Gasteiger partial charge in [-0.25, -0.2) is 0 Å². The van der Waals surface area contributed by atoms with Gasteiger partial charge in [0.25, 0.3) is 0 Å². The normalized spacial score (nSPS) is 12.9. The minimum atomic E-state index is -0.428. The van der Waals surface area contributed by atoms with E-state index in [0.717, 1.165) is 19.5 Å². The summed E-state index contributed by atoms with van der Waals surface area (Å²) in [6.07, 6.45) is 4.95. The van der Waals surface area contributed by atoms with Crippen molar-refractivity contribution in [3.63, 3.8) is 0 Å². The van der Waals surface area contributed by atoms with Crippen LogP contribution in [0.4, 0.5) is 0 Å². The third-order valence-electron chi connectivity index (χ3n) is 2.36. The maximum absolute atomic E-state index is 9.42. The van der Waals surface area contributed by atoms with Gasteiger partial charge in [-0.3, -0.25) is 0 Å². The number of aryl methyl sites for hydroxylation is 1. The van der Waals surface area contributed by atoms with E-state index in [4.69, 9.17) is 4.74 Å². The zero-order valence-electron chi connectivity index (χ0n) is 10.1. The molecule has 0 fully saturated rings. The number of aliphatic hydroxyl groups excluding tert-OH is 1. The monoisotopic (exact) mass is 226 g/mol. The van der Waals surface area contributed by atoms with Gasteiger partial charge in [-0.1, -0.05) is 6.92 Å². The number of aromatic nitrogens is 1. The van der Waals surface area contributed by atoms with E-state index in [1.807, 2.05) is 0 Å². The van der Waals surface area contributed by atoms with Crippen LogP contribution in [0.5, 0.6) is 0 Å². The van der Waals surface area contributed by atoms with Gasteiger partial charge in [0.1, 0.15) is 0 Å². The smallest absolute Gasteiger partial charge is 0.0897 e. The molecule has 4 nitrogen and oxygen atoms in total. The van der Waals surface area contributed by atoms with Gasteiger partial charge < -0.3 is 19.7 Å². The maximum Gasteiger partial charge on any atom is 0.0897 e. The second-order valence-electron chi connectivity index (χ2n) is 4.00. The fourth-order valence-corrected chi connectivity index (χ4v) is 1.63. The molecule has 16 heavy (non-hydrogen) atoms. The number of hydrogen-bond acceptors (Lipinski definition) is 3. The van der Waals surface area contributed by atoms with E-state index in [2.05, 4.69) is 35.3 Å². The van der Waals surface area contributed by atoms with Gasteiger partial charge in [-0.15, -0.1) is 0 Å². The summed E-state index contributed by atoms with van der Waals surface area (Å²) in [5.41, 5.74) is 1.25. The molecule has 0 aliphatic heterocycles. The van der Waals surface area contributed by atoms with Gasteiger partial charge in [0.2, 0.25) is 0 Å². The highest BCUT2D eigenvalue weighted by Crippen LogP contribution is 2.01. The van der Waals surface area contributed by atoms with E-state index in [1.54, 1.807) is 7.11 Å². The third kappa shape index (κ3) is 4.79. The van der Waals surface area contributed by atoms with Crippen molar-refractivity contribution in [1.82, 2.24) is 9.88 Å². The van der Waals surface area contributed by atoms with Crippen LogP contribution in [-0.2, 0) is 17.8 Å². The standard InChI is InChI=1S/C12H22N2O2/c1-3-5-14-6-4-11(9-14)7-13-8-12(15)10-16-2/h4,6,9,12-13,15H,3,5,7-8,10H2,1-2H3. The summed E-state index contributed by atoms with van der Waals surface area (Å²) >= 11 is 0. The van der Waals surface area contributed by atoms with E-state index >= 15 is 0 Å². The predicted octanol–water partition coefficient (Wildman–Crippen LogP) is 0.995. The molecule has 1 unspecified atom stereocenters. The van der Waals surface area contributed by atoms with Crippen LogP contribution in [-0.4, -0.2) is 36.0 Å². The topological polar surface area (TPSA) is 46.4 Å². The third-order valence-corrected chi connectivity index (χ3v) is 2.36. The van der Waals surface area contributed by atoms with Gasteiger partial charge in [0, 0.05) is 39.1 Å². The lowest BCUT2D eigenvalue weighted by atomic mass is 10.3. The molecule has 0 aliphatic rings. The van der Waals surface area contributed by atoms with Crippen LogP contribution in [0.1, 0.15) is 18.9 Å². The van der Waals surface area contributed by atoms with Crippen LogP contribution in [0.2, 0.25) is 0 Å². The van der Waals surface area contributed by atoms with Crippen LogP contribution in [0.25, 0.3) is 0 Å². The lowest BCUT2D eigenvalue weighted by molar-refractivity contribution is 0.0644. The summed E-state index contributed by atoms with van der Waals surface area (Å²) in [6, 6.07) is 2.10. The van der Waals surface area contributed by atoms with Crippen molar-refractivity contribution in [1.29, 1.82) is 0 Å². The zero-order chi connectivity index (χ0) is 11.8. The molecule has 0 radical (unpaired) electrons. The first-order valence-corrected chi connectivity index (χ1v) is 5.78. The highest BCUT2D eigenvalue weighted by atomic mass is 16.5. The maximum atomic E-state index is 9.42. The van der Waals surface area contributed by atoms with Crippen LogP contribution < -0.4 is 5.32 Å². The molecule has 92 valence electrons. The molecule has 4 heteroatoms. The van der Waals surface area contributed by atoms with Crippen LogP contribution in [0.3, 0.4) is 0 Å². The summed E-state index contributed by atoms with van der Waals surface area (Å²) in [4.78, 5) is 0. The predicted molar refractivity (Wildman–Crippen MR) is 64.3 cm³/mol. The lowest BCUT2D eigenvalue weighted by Crippen LogP contribution is -2.29. The quantitative estimate of drug-likeness (QED) is 0.695. The largest absolute Gasteiger partial charge is 0.389 e. The molecule has 2 N–H and O–H groups in total. The average Bonchev–Trinajstić information content (AvgIpc) is 2.67. The summed E-state index contributed by atoms with van der Waals surface area (Å²) in [5, 5.41) is 12.6. The SMILES string of the molecule is CCCn1ccc(CNCC(O)COC)c1. The Morgan fingerprint density at radius 1 is 1.56 bits per heavy atom. The van der Waals surface area contributed by atoms with E-state index in [0.29, 0.717) is 13.2 Å². The van der Waals surface area contributed by atoms with Crippen molar-refractivity contribution in [2.45, 2.75) is 32.5 Å². The fourth-order valence-electron chi connectivity index (χ4n) is 1.63. The molecule has 1 rings (SSSR count). The lowest BCUT2D eigenvalue weighted by Gasteiger charge is -2.09. The molecule has 1 aromatic heterocycles. The Hall–Kier alpha value is -0.840. The Bertz CT molecular complexity index is 286. The number of nitrogens with zero attached hydrogens (tertiary/aromatic N) is 1. The van der Waals surface area contributed by atoms with Crippen molar-refractivity contribution >= 4 is 0 Å². The number of rotatable bonds is 8. The fraction of sp³-hybridized carbons (Fsp3) is 0.667. The average molecular weight is 226 g/mol. The molecule has 0 bridgehead atoms. The molecular weight excluding hydrogens is 204 g/mol. The Morgan fingerprint density at radius 2 is 2.38 bits per heavy atom.